The van der Waals surface area contributed by atoms with Crippen LogP contribution in [-0.4, -0.2) is 62.2 Å². The molecule has 0 saturated carbocycles. The van der Waals surface area contributed by atoms with Crippen LogP contribution < -0.4 is 20.6 Å². The molecule has 0 spiro atoms. The van der Waals surface area contributed by atoms with Crippen LogP contribution in [-0.2, 0) is 6.54 Å². The minimum atomic E-state index is -0.504. The number of hydrogen-bond donors (Lipinski definition) is 2. The number of benzene rings is 1. The van der Waals surface area contributed by atoms with Crippen LogP contribution >= 0.6 is 0 Å². The van der Waals surface area contributed by atoms with Gasteiger partial charge >= 0.3 is 0 Å². The van der Waals surface area contributed by atoms with Crippen LogP contribution in [0, 0.1) is 0 Å². The van der Waals surface area contributed by atoms with Gasteiger partial charge in [0.15, 0.2) is 17.2 Å². The molecule has 3 aromatic rings. The van der Waals surface area contributed by atoms with E-state index in [0.29, 0.717) is 23.7 Å². The summed E-state index contributed by atoms with van der Waals surface area (Å²) in [6, 6.07) is 5.36. The maximum absolute atomic E-state index is 12.9. The molecule has 0 unspecified atom stereocenters. The van der Waals surface area contributed by atoms with Crippen LogP contribution in [0.4, 0.5) is 5.82 Å². The van der Waals surface area contributed by atoms with E-state index in [1.807, 2.05) is 6.07 Å². The third-order valence-electron chi connectivity index (χ3n) is 5.27. The Bertz CT molecular complexity index is 1150. The molecule has 166 valence electrons. The predicted octanol–water partition coefficient (Wildman–Crippen LogP) is 0.711. The maximum Gasteiger partial charge on any atom is 0.293 e. The van der Waals surface area contributed by atoms with Crippen LogP contribution in [0.15, 0.2) is 27.9 Å². The zero-order valence-corrected chi connectivity index (χ0v) is 17.1. The molecule has 13 heteroatoms. The summed E-state index contributed by atoms with van der Waals surface area (Å²) in [6.07, 6.45) is 4.89. The molecule has 0 aliphatic carbocycles. The van der Waals surface area contributed by atoms with Crippen molar-refractivity contribution < 1.29 is 18.9 Å². The highest BCUT2D eigenvalue weighted by atomic mass is 16.7. The fourth-order valence-electron chi connectivity index (χ4n) is 3.67. The number of ether oxygens (including phenoxy) is 2. The molecule has 1 amide bonds. The molecule has 2 aliphatic rings. The Morgan fingerprint density at radius 2 is 2.03 bits per heavy atom. The number of fused-ring (bicyclic) bond motifs is 1. The zero-order valence-electron chi connectivity index (χ0n) is 17.1. The number of likely N-dealkylation sites (tertiary alicyclic amines) is 1. The van der Waals surface area contributed by atoms with Crippen molar-refractivity contribution in [3.8, 4) is 17.3 Å². The van der Waals surface area contributed by atoms with E-state index in [1.165, 1.54) is 17.3 Å². The van der Waals surface area contributed by atoms with Crippen molar-refractivity contribution in [3.63, 3.8) is 0 Å². The summed E-state index contributed by atoms with van der Waals surface area (Å²) >= 11 is 0. The highest BCUT2D eigenvalue weighted by Crippen LogP contribution is 2.32. The number of carbonyl (C=O) groups is 1. The predicted molar refractivity (Wildman–Crippen MR) is 110 cm³/mol. The second-order valence-corrected chi connectivity index (χ2v) is 7.42. The molecule has 3 N–H and O–H groups in total. The smallest absolute Gasteiger partial charge is 0.293 e. The van der Waals surface area contributed by atoms with Gasteiger partial charge in [-0.1, -0.05) is 11.6 Å². The molecule has 2 aliphatic heterocycles. The lowest BCUT2D eigenvalue weighted by atomic mass is 10.1. The van der Waals surface area contributed by atoms with Gasteiger partial charge in [-0.15, -0.1) is 5.10 Å². The Kier molecular flexibility index (Phi) is 5.37. The molecule has 0 radical (unpaired) electrons. The molecule has 0 bridgehead atoms. The fourth-order valence-corrected chi connectivity index (χ4v) is 3.67. The molecule has 2 aromatic heterocycles. The van der Waals surface area contributed by atoms with Crippen LogP contribution in [0.1, 0.15) is 41.0 Å². The van der Waals surface area contributed by atoms with Crippen molar-refractivity contribution in [1.29, 1.82) is 0 Å². The summed E-state index contributed by atoms with van der Waals surface area (Å²) in [5.41, 5.74) is 9.73. The van der Waals surface area contributed by atoms with Gasteiger partial charge in [0.05, 0.1) is 11.9 Å². The number of hydrazone groups is 1. The van der Waals surface area contributed by atoms with E-state index in [9.17, 15) is 4.79 Å². The molecule has 32 heavy (non-hydrogen) atoms. The lowest BCUT2D eigenvalue weighted by Gasteiger charge is -2.26. The second kappa shape index (κ2) is 8.63. The molecule has 1 saturated heterocycles. The number of nitrogens with one attached hydrogen (secondary N) is 1. The number of piperidine rings is 1. The van der Waals surface area contributed by atoms with Gasteiger partial charge < -0.3 is 15.2 Å². The SMILES string of the molecule is Nc1nonc1-n1nnc(C(=O)N/N=C\c2ccc3c(c2)OCO3)c1CN1CCCCC1. The van der Waals surface area contributed by atoms with Crippen molar-refractivity contribution in [3.05, 3.63) is 35.2 Å². The van der Waals surface area contributed by atoms with E-state index in [-0.39, 0.29) is 24.1 Å². The van der Waals surface area contributed by atoms with Crippen molar-refractivity contribution >= 4 is 17.9 Å². The molecule has 0 atom stereocenters. The molecular weight excluding hydrogens is 418 g/mol. The van der Waals surface area contributed by atoms with Gasteiger partial charge in [0.1, 0.15) is 0 Å². The number of carbonyl (C=O) groups excluding carboxylic acids is 1. The van der Waals surface area contributed by atoms with Gasteiger partial charge in [0.2, 0.25) is 18.4 Å². The highest BCUT2D eigenvalue weighted by molar-refractivity contribution is 5.94. The van der Waals surface area contributed by atoms with E-state index < -0.39 is 5.91 Å². The van der Waals surface area contributed by atoms with Crippen molar-refractivity contribution in [1.82, 2.24) is 35.6 Å². The minimum absolute atomic E-state index is 0.0579. The summed E-state index contributed by atoms with van der Waals surface area (Å²) in [5, 5.41) is 19.5. The maximum atomic E-state index is 12.9. The Labute approximate surface area is 182 Å². The van der Waals surface area contributed by atoms with Crippen LogP contribution in [0.25, 0.3) is 5.82 Å². The highest BCUT2D eigenvalue weighted by Gasteiger charge is 2.26. The first kappa shape index (κ1) is 19.9. The topological polar surface area (TPSA) is 159 Å². The minimum Gasteiger partial charge on any atom is -0.454 e. The van der Waals surface area contributed by atoms with Crippen LogP contribution in [0.2, 0.25) is 0 Å². The monoisotopic (exact) mass is 439 g/mol. The van der Waals surface area contributed by atoms with Gasteiger partial charge in [0, 0.05) is 6.54 Å². The molecular formula is C19H21N9O4. The quantitative estimate of drug-likeness (QED) is 0.414. The third-order valence-corrected chi connectivity index (χ3v) is 5.27. The Balaban J connectivity index is 1.36. The number of nitrogens with zero attached hydrogens (tertiary/aromatic N) is 7. The number of hydrogen-bond acceptors (Lipinski definition) is 11. The normalized spacial score (nSPS) is 16.0. The van der Waals surface area contributed by atoms with Crippen molar-refractivity contribution in [2.24, 2.45) is 5.10 Å². The van der Waals surface area contributed by atoms with Gasteiger partial charge in [0.25, 0.3) is 5.91 Å². The standard InChI is InChI=1S/C19H21N9O4/c20-17-18(25-32-24-17)28-13(10-27-6-2-1-3-7-27)16(22-26-28)19(29)23-21-9-12-4-5-14-15(8-12)31-11-30-14/h4-5,8-9H,1-3,6-7,10-11H2,(H2,20,24)(H,23,29)/b21-9-. The number of rotatable bonds is 6. The Hall–Kier alpha value is -4.00. The number of nitrogen functional groups attached to an aromatic ring is 1. The number of anilines is 1. The van der Waals surface area contributed by atoms with Crippen LogP contribution in [0.5, 0.6) is 11.5 Å². The van der Waals surface area contributed by atoms with E-state index in [0.717, 1.165) is 31.5 Å². The van der Waals surface area contributed by atoms with E-state index >= 15 is 0 Å². The zero-order chi connectivity index (χ0) is 21.9. The fraction of sp³-hybridized carbons (Fsp3) is 0.368. The summed E-state index contributed by atoms with van der Waals surface area (Å²) in [5.74, 6) is 1.04. The largest absolute Gasteiger partial charge is 0.454 e. The lowest BCUT2D eigenvalue weighted by molar-refractivity contribution is 0.0947. The first-order chi connectivity index (χ1) is 15.7. The van der Waals surface area contributed by atoms with Gasteiger partial charge in [-0.25, -0.2) is 10.1 Å². The molecule has 5 rings (SSSR count). The second-order valence-electron chi connectivity index (χ2n) is 7.42. The van der Waals surface area contributed by atoms with Crippen LogP contribution in [0.3, 0.4) is 0 Å². The first-order valence-corrected chi connectivity index (χ1v) is 10.2. The summed E-state index contributed by atoms with van der Waals surface area (Å²) < 4.78 is 16.7. The average molecular weight is 439 g/mol. The van der Waals surface area contributed by atoms with Crippen molar-refractivity contribution in [2.45, 2.75) is 25.8 Å². The summed E-state index contributed by atoms with van der Waals surface area (Å²) in [7, 11) is 0. The van der Waals surface area contributed by atoms with Gasteiger partial charge in [-0.3, -0.25) is 9.69 Å². The molecule has 1 aromatic carbocycles. The van der Waals surface area contributed by atoms with Gasteiger partial charge in [-0.2, -0.15) is 9.78 Å². The van der Waals surface area contributed by atoms with Gasteiger partial charge in [-0.05, 0) is 60.0 Å². The number of aromatic nitrogens is 5. The van der Waals surface area contributed by atoms with E-state index in [2.05, 4.69) is 40.7 Å². The van der Waals surface area contributed by atoms with Crippen molar-refractivity contribution in [2.75, 3.05) is 25.6 Å². The number of nitrogens with two attached hydrogens (primary N) is 1. The van der Waals surface area contributed by atoms with E-state index in [4.69, 9.17) is 15.2 Å². The number of amides is 1. The lowest BCUT2D eigenvalue weighted by Crippen LogP contribution is -2.31. The van der Waals surface area contributed by atoms with E-state index in [1.54, 1.807) is 12.1 Å². The third kappa shape index (κ3) is 3.97. The summed E-state index contributed by atoms with van der Waals surface area (Å²) in [6.45, 7) is 2.48. The average Bonchev–Trinajstić information content (AvgIpc) is 3.54. The first-order valence-electron chi connectivity index (χ1n) is 10.2. The summed E-state index contributed by atoms with van der Waals surface area (Å²) in [4.78, 5) is 15.1. The molecule has 1 fully saturated rings. The molecule has 13 nitrogen and oxygen atoms in total. The Morgan fingerprint density at radius 3 is 2.84 bits per heavy atom. The Morgan fingerprint density at radius 1 is 1.19 bits per heavy atom. The molecule has 4 heterocycles.